The van der Waals surface area contributed by atoms with Crippen molar-refractivity contribution >= 4 is 69.8 Å². The quantitative estimate of drug-likeness (QED) is 0.467. The summed E-state index contributed by atoms with van der Waals surface area (Å²) in [5, 5.41) is 1.60. The average Bonchev–Trinajstić information content (AvgIpc) is 2.11. The van der Waals surface area contributed by atoms with Crippen molar-refractivity contribution in [2.45, 2.75) is 0 Å². The summed E-state index contributed by atoms with van der Waals surface area (Å²) in [6.45, 7) is 0. The van der Waals surface area contributed by atoms with Crippen molar-refractivity contribution in [1.82, 2.24) is 0 Å². The number of amidine groups is 1. The lowest BCUT2D eigenvalue weighted by Gasteiger charge is -1.99. The number of rotatable bonds is 1. The number of halogens is 3. The summed E-state index contributed by atoms with van der Waals surface area (Å²) in [5.41, 5.74) is 6.13. The summed E-state index contributed by atoms with van der Waals surface area (Å²) in [4.78, 5) is 4.08. The Hall–Kier alpha value is 0.350. The third-order valence-electron chi connectivity index (χ3n) is 1.35. The second kappa shape index (κ2) is 6.76. The zero-order chi connectivity index (χ0) is 9.84. The highest BCUT2D eigenvalue weighted by Gasteiger charge is 2.00. The highest BCUT2D eigenvalue weighted by Crippen LogP contribution is 2.28. The van der Waals surface area contributed by atoms with Gasteiger partial charge in [-0.2, -0.15) is 0 Å². The fourth-order valence-electron chi connectivity index (χ4n) is 0.736. The van der Waals surface area contributed by atoms with E-state index in [1.807, 2.05) is 6.26 Å². The van der Waals surface area contributed by atoms with E-state index in [1.54, 1.807) is 18.2 Å². The lowest BCUT2D eigenvalue weighted by molar-refractivity contribution is 1.51. The van der Waals surface area contributed by atoms with E-state index in [2.05, 4.69) is 4.99 Å². The third-order valence-corrected chi connectivity index (χ3v) is 2.41. The molecule has 0 amide bonds. The first-order valence-corrected chi connectivity index (χ1v) is 5.44. The number of hydrogen-bond donors (Lipinski definition) is 1. The standard InChI is InChI=1S/C8H8Cl2N2S.HI/c1-13-8(11)12-7-4-5(9)2-3-6(7)10;/h2-4H,1H3,(H2,11,12);1H. The predicted octanol–water partition coefficient (Wildman–Crippen LogP) is 3.92. The summed E-state index contributed by atoms with van der Waals surface area (Å²) < 4.78 is 0. The van der Waals surface area contributed by atoms with Crippen LogP contribution in [0.25, 0.3) is 0 Å². The molecule has 1 aromatic carbocycles. The molecule has 1 aromatic rings. The first-order valence-electron chi connectivity index (χ1n) is 3.46. The number of benzene rings is 1. The third kappa shape index (κ3) is 4.25. The van der Waals surface area contributed by atoms with Gasteiger partial charge >= 0.3 is 0 Å². The average molecular weight is 363 g/mol. The van der Waals surface area contributed by atoms with E-state index in [9.17, 15) is 0 Å². The van der Waals surface area contributed by atoms with Gasteiger partial charge in [0.25, 0.3) is 0 Å². The van der Waals surface area contributed by atoms with Gasteiger partial charge in [0.2, 0.25) is 0 Å². The summed E-state index contributed by atoms with van der Waals surface area (Å²) in [7, 11) is 0. The Kier molecular flexibility index (Phi) is 6.93. The fraction of sp³-hybridized carbons (Fsp3) is 0.125. The van der Waals surface area contributed by atoms with E-state index < -0.39 is 0 Å². The highest BCUT2D eigenvalue weighted by atomic mass is 127. The van der Waals surface area contributed by atoms with Gasteiger partial charge in [-0.1, -0.05) is 35.0 Å². The Morgan fingerprint density at radius 2 is 2.07 bits per heavy atom. The minimum Gasteiger partial charge on any atom is -0.378 e. The zero-order valence-electron chi connectivity index (χ0n) is 7.33. The zero-order valence-corrected chi connectivity index (χ0v) is 12.0. The number of thioether (sulfide) groups is 1. The normalized spacial score (nSPS) is 10.9. The van der Waals surface area contributed by atoms with Crippen LogP contribution in [0.4, 0.5) is 5.69 Å². The maximum Gasteiger partial charge on any atom is 0.158 e. The Morgan fingerprint density at radius 1 is 1.43 bits per heavy atom. The Labute approximate surface area is 114 Å². The van der Waals surface area contributed by atoms with E-state index in [0.29, 0.717) is 20.9 Å². The van der Waals surface area contributed by atoms with Crippen LogP contribution in [0.3, 0.4) is 0 Å². The smallest absolute Gasteiger partial charge is 0.158 e. The molecule has 2 nitrogen and oxygen atoms in total. The lowest BCUT2D eigenvalue weighted by atomic mass is 10.3. The van der Waals surface area contributed by atoms with Crippen molar-refractivity contribution in [3.05, 3.63) is 28.2 Å². The summed E-state index contributed by atoms with van der Waals surface area (Å²) >= 11 is 13.0. The summed E-state index contributed by atoms with van der Waals surface area (Å²) in [6, 6.07) is 5.07. The number of hydrogen-bond acceptors (Lipinski definition) is 2. The van der Waals surface area contributed by atoms with Gasteiger partial charge in [0.1, 0.15) is 0 Å². The van der Waals surface area contributed by atoms with E-state index in [0.717, 1.165) is 0 Å². The first-order chi connectivity index (χ1) is 6.13. The van der Waals surface area contributed by atoms with E-state index >= 15 is 0 Å². The van der Waals surface area contributed by atoms with Crippen LogP contribution in [0.2, 0.25) is 10.0 Å². The molecule has 0 radical (unpaired) electrons. The van der Waals surface area contributed by atoms with Crippen molar-refractivity contribution in [2.24, 2.45) is 10.7 Å². The molecule has 0 aliphatic heterocycles. The molecule has 78 valence electrons. The van der Waals surface area contributed by atoms with Gasteiger partial charge in [-0.25, -0.2) is 4.99 Å². The fourth-order valence-corrected chi connectivity index (χ4v) is 1.25. The molecule has 0 bridgehead atoms. The second-order valence-electron chi connectivity index (χ2n) is 2.25. The maximum absolute atomic E-state index is 5.87. The maximum atomic E-state index is 5.87. The van der Waals surface area contributed by atoms with Crippen molar-refractivity contribution in [2.75, 3.05) is 6.26 Å². The van der Waals surface area contributed by atoms with Gasteiger partial charge in [-0.05, 0) is 24.5 Å². The van der Waals surface area contributed by atoms with Crippen molar-refractivity contribution < 1.29 is 0 Å². The lowest BCUT2D eigenvalue weighted by Crippen LogP contribution is -2.04. The monoisotopic (exact) mass is 362 g/mol. The second-order valence-corrected chi connectivity index (χ2v) is 3.92. The topological polar surface area (TPSA) is 38.4 Å². The van der Waals surface area contributed by atoms with Gasteiger partial charge in [-0.15, -0.1) is 24.0 Å². The van der Waals surface area contributed by atoms with Crippen molar-refractivity contribution in [3.8, 4) is 0 Å². The molecule has 0 atom stereocenters. The highest BCUT2D eigenvalue weighted by molar-refractivity contribution is 14.0. The molecule has 0 heterocycles. The van der Waals surface area contributed by atoms with E-state index in [-0.39, 0.29) is 24.0 Å². The molecule has 0 unspecified atom stereocenters. The SMILES string of the molecule is CSC(N)=Nc1cc(Cl)ccc1Cl.I. The van der Waals surface area contributed by atoms with Crippen LogP contribution in [-0.2, 0) is 0 Å². The Bertz CT molecular complexity index is 344. The minimum atomic E-state index is 0. The van der Waals surface area contributed by atoms with Crippen LogP contribution in [0, 0.1) is 0 Å². The Morgan fingerprint density at radius 3 is 2.64 bits per heavy atom. The molecule has 6 heteroatoms. The van der Waals surface area contributed by atoms with Gasteiger partial charge in [0.15, 0.2) is 5.17 Å². The molecular formula is C8H9Cl2IN2S. The van der Waals surface area contributed by atoms with Crippen LogP contribution in [0.15, 0.2) is 23.2 Å². The summed E-state index contributed by atoms with van der Waals surface area (Å²) in [6.07, 6.45) is 1.84. The van der Waals surface area contributed by atoms with Crippen molar-refractivity contribution in [1.29, 1.82) is 0 Å². The molecule has 0 saturated heterocycles. The number of nitrogens with two attached hydrogens (primary N) is 1. The van der Waals surface area contributed by atoms with Gasteiger partial charge in [-0.3, -0.25) is 0 Å². The largest absolute Gasteiger partial charge is 0.378 e. The first kappa shape index (κ1) is 14.3. The number of nitrogens with zero attached hydrogens (tertiary/aromatic N) is 1. The molecule has 2 N–H and O–H groups in total. The number of aliphatic imine (C=N–C) groups is 1. The van der Waals surface area contributed by atoms with E-state index in [1.165, 1.54) is 11.8 Å². The van der Waals surface area contributed by atoms with Gasteiger partial charge in [0, 0.05) is 5.02 Å². The predicted molar refractivity (Wildman–Crippen MR) is 76.7 cm³/mol. The van der Waals surface area contributed by atoms with Crippen LogP contribution in [0.5, 0.6) is 0 Å². The minimum absolute atomic E-state index is 0. The van der Waals surface area contributed by atoms with Crippen LogP contribution < -0.4 is 5.73 Å². The summed E-state index contributed by atoms with van der Waals surface area (Å²) in [5.74, 6) is 0. The van der Waals surface area contributed by atoms with Crippen LogP contribution in [-0.4, -0.2) is 11.4 Å². The van der Waals surface area contributed by atoms with Crippen LogP contribution in [0.1, 0.15) is 0 Å². The van der Waals surface area contributed by atoms with E-state index in [4.69, 9.17) is 28.9 Å². The molecule has 1 rings (SSSR count). The molecule has 0 fully saturated rings. The molecule has 0 aliphatic rings. The van der Waals surface area contributed by atoms with Gasteiger partial charge < -0.3 is 5.73 Å². The molecule has 0 aromatic heterocycles. The molecule has 0 spiro atoms. The molecule has 0 aliphatic carbocycles. The molecule has 0 saturated carbocycles. The van der Waals surface area contributed by atoms with Crippen molar-refractivity contribution in [3.63, 3.8) is 0 Å². The molecular weight excluding hydrogens is 354 g/mol. The van der Waals surface area contributed by atoms with Crippen LogP contribution >= 0.6 is 58.9 Å². The Balaban J connectivity index is 0.00000169. The molecule has 14 heavy (non-hydrogen) atoms. The van der Waals surface area contributed by atoms with Gasteiger partial charge in [0.05, 0.1) is 10.7 Å².